The molecule has 0 radical (unpaired) electrons. The molecule has 2 aromatic carbocycles. The lowest BCUT2D eigenvalue weighted by atomic mass is 10.0. The molecule has 0 unspecified atom stereocenters. The minimum Gasteiger partial charge on any atom is -0.383 e. The topological polar surface area (TPSA) is 80.1 Å². The minimum absolute atomic E-state index is 0.0703. The lowest BCUT2D eigenvalue weighted by Gasteiger charge is -2.19. The van der Waals surface area contributed by atoms with Crippen LogP contribution >= 0.6 is 0 Å². The van der Waals surface area contributed by atoms with E-state index in [1.54, 1.807) is 25.4 Å². The summed E-state index contributed by atoms with van der Waals surface area (Å²) in [6, 6.07) is 20.9. The first-order chi connectivity index (χ1) is 12.7. The summed E-state index contributed by atoms with van der Waals surface area (Å²) in [5, 5.41) is 17.6. The zero-order valence-corrected chi connectivity index (χ0v) is 14.4. The van der Waals surface area contributed by atoms with E-state index in [9.17, 15) is 10.1 Å². The summed E-state index contributed by atoms with van der Waals surface area (Å²) in [5.74, 6) is 0. The number of nitrogens with zero attached hydrogens (tertiary/aromatic N) is 2. The van der Waals surface area contributed by atoms with Gasteiger partial charge in [0.2, 0.25) is 0 Å². The Bertz CT molecular complexity index is 830. The highest BCUT2D eigenvalue weighted by atomic mass is 16.6. The SMILES string of the molecule is CNc1ccc(CN[C@H](c2ccccc2)c2ccccn2)cc1[N+](=O)[O-]. The maximum absolute atomic E-state index is 11.2. The summed E-state index contributed by atoms with van der Waals surface area (Å²) < 4.78 is 0. The maximum Gasteiger partial charge on any atom is 0.292 e. The van der Waals surface area contributed by atoms with Crippen molar-refractivity contribution in [1.82, 2.24) is 10.3 Å². The molecule has 1 aromatic heterocycles. The number of nitro groups is 1. The summed E-state index contributed by atoms with van der Waals surface area (Å²) in [6.07, 6.45) is 1.76. The second kappa shape index (κ2) is 8.22. The first kappa shape index (κ1) is 17.6. The largest absolute Gasteiger partial charge is 0.383 e. The van der Waals surface area contributed by atoms with Crippen LogP contribution in [-0.2, 0) is 6.54 Å². The van der Waals surface area contributed by atoms with Gasteiger partial charge in [0.05, 0.1) is 16.7 Å². The number of nitro benzene ring substituents is 1. The van der Waals surface area contributed by atoms with E-state index in [4.69, 9.17) is 0 Å². The van der Waals surface area contributed by atoms with Crippen LogP contribution in [-0.4, -0.2) is 17.0 Å². The van der Waals surface area contributed by atoms with E-state index in [1.165, 1.54) is 0 Å². The highest BCUT2D eigenvalue weighted by Crippen LogP contribution is 2.26. The molecule has 0 saturated heterocycles. The molecular formula is C20H20N4O2. The standard InChI is InChI=1S/C20H20N4O2/c1-21-17-11-10-15(13-19(17)24(25)26)14-23-20(16-7-3-2-4-8-16)18-9-5-6-12-22-18/h2-13,20-21,23H,14H2,1H3/t20-/m1/s1. The van der Waals surface area contributed by atoms with E-state index in [0.29, 0.717) is 12.2 Å². The lowest BCUT2D eigenvalue weighted by Crippen LogP contribution is -2.23. The Kier molecular flexibility index (Phi) is 5.56. The van der Waals surface area contributed by atoms with E-state index >= 15 is 0 Å². The second-order valence-electron chi connectivity index (χ2n) is 5.84. The molecule has 26 heavy (non-hydrogen) atoms. The molecule has 1 atom stereocenters. The summed E-state index contributed by atoms with van der Waals surface area (Å²) in [5.41, 5.74) is 3.41. The number of benzene rings is 2. The second-order valence-corrected chi connectivity index (χ2v) is 5.84. The summed E-state index contributed by atoms with van der Waals surface area (Å²) in [6.45, 7) is 0.487. The molecule has 1 heterocycles. The average molecular weight is 348 g/mol. The highest BCUT2D eigenvalue weighted by molar-refractivity contribution is 5.62. The maximum atomic E-state index is 11.2. The fourth-order valence-electron chi connectivity index (χ4n) is 2.85. The van der Waals surface area contributed by atoms with Crippen molar-refractivity contribution in [3.63, 3.8) is 0 Å². The van der Waals surface area contributed by atoms with Gasteiger partial charge in [0.15, 0.2) is 0 Å². The third-order valence-corrected chi connectivity index (χ3v) is 4.15. The molecule has 0 fully saturated rings. The molecule has 6 heteroatoms. The number of hydrogen-bond donors (Lipinski definition) is 2. The van der Waals surface area contributed by atoms with Crippen LogP contribution in [0.1, 0.15) is 22.9 Å². The van der Waals surface area contributed by atoms with Gasteiger partial charge in [0.25, 0.3) is 5.69 Å². The van der Waals surface area contributed by atoms with Crippen molar-refractivity contribution in [3.05, 3.63) is 99.9 Å². The molecule has 0 bridgehead atoms. The molecule has 0 amide bonds. The number of hydrogen-bond acceptors (Lipinski definition) is 5. The van der Waals surface area contributed by atoms with Crippen molar-refractivity contribution < 1.29 is 4.92 Å². The number of anilines is 1. The van der Waals surface area contributed by atoms with Crippen LogP contribution in [0.5, 0.6) is 0 Å². The van der Waals surface area contributed by atoms with Gasteiger partial charge in [-0.05, 0) is 29.3 Å². The number of rotatable bonds is 7. The zero-order valence-electron chi connectivity index (χ0n) is 14.4. The van der Waals surface area contributed by atoms with E-state index < -0.39 is 0 Å². The number of nitrogens with one attached hydrogen (secondary N) is 2. The first-order valence-electron chi connectivity index (χ1n) is 8.33. The summed E-state index contributed by atoms with van der Waals surface area (Å²) in [7, 11) is 1.67. The first-order valence-corrected chi connectivity index (χ1v) is 8.33. The van der Waals surface area contributed by atoms with Gasteiger partial charge in [0, 0.05) is 25.9 Å². The van der Waals surface area contributed by atoms with Crippen molar-refractivity contribution in [2.45, 2.75) is 12.6 Å². The third-order valence-electron chi connectivity index (χ3n) is 4.15. The Labute approximate surface area is 152 Å². The normalized spacial score (nSPS) is 11.7. The van der Waals surface area contributed by atoms with Crippen LogP contribution in [0.15, 0.2) is 72.9 Å². The zero-order chi connectivity index (χ0) is 18.4. The van der Waals surface area contributed by atoms with Crippen LogP contribution < -0.4 is 10.6 Å². The Morgan fingerprint density at radius 2 is 1.85 bits per heavy atom. The molecule has 0 aliphatic heterocycles. The Morgan fingerprint density at radius 1 is 1.08 bits per heavy atom. The van der Waals surface area contributed by atoms with Crippen molar-refractivity contribution in [3.8, 4) is 0 Å². The van der Waals surface area contributed by atoms with Crippen LogP contribution in [0.4, 0.5) is 11.4 Å². The smallest absolute Gasteiger partial charge is 0.292 e. The van der Waals surface area contributed by atoms with E-state index in [2.05, 4.69) is 15.6 Å². The molecule has 3 rings (SSSR count). The molecule has 0 aliphatic carbocycles. The fraction of sp³-hybridized carbons (Fsp3) is 0.150. The molecule has 0 saturated carbocycles. The van der Waals surface area contributed by atoms with Gasteiger partial charge in [-0.3, -0.25) is 15.1 Å². The number of aromatic nitrogens is 1. The minimum atomic E-state index is -0.372. The van der Waals surface area contributed by atoms with Crippen molar-refractivity contribution in [2.24, 2.45) is 0 Å². The van der Waals surface area contributed by atoms with Gasteiger partial charge in [-0.2, -0.15) is 0 Å². The highest BCUT2D eigenvalue weighted by Gasteiger charge is 2.17. The van der Waals surface area contributed by atoms with Crippen LogP contribution in [0, 0.1) is 10.1 Å². The van der Waals surface area contributed by atoms with Gasteiger partial charge in [-0.1, -0.05) is 42.5 Å². The predicted octanol–water partition coefficient (Wildman–Crippen LogP) is 3.91. The Hall–Kier alpha value is -3.25. The lowest BCUT2D eigenvalue weighted by molar-refractivity contribution is -0.384. The van der Waals surface area contributed by atoms with Gasteiger partial charge in [-0.25, -0.2) is 0 Å². The van der Waals surface area contributed by atoms with Crippen LogP contribution in [0.2, 0.25) is 0 Å². The summed E-state index contributed by atoms with van der Waals surface area (Å²) >= 11 is 0. The molecule has 132 valence electrons. The Morgan fingerprint density at radius 3 is 2.50 bits per heavy atom. The van der Waals surface area contributed by atoms with E-state index in [-0.39, 0.29) is 16.7 Å². The van der Waals surface area contributed by atoms with Crippen LogP contribution in [0.3, 0.4) is 0 Å². The van der Waals surface area contributed by atoms with Crippen molar-refractivity contribution in [2.75, 3.05) is 12.4 Å². The monoisotopic (exact) mass is 348 g/mol. The van der Waals surface area contributed by atoms with Gasteiger partial charge < -0.3 is 10.6 Å². The van der Waals surface area contributed by atoms with E-state index in [1.807, 2.05) is 54.6 Å². The molecule has 2 N–H and O–H groups in total. The predicted molar refractivity (Wildman–Crippen MR) is 102 cm³/mol. The molecule has 3 aromatic rings. The van der Waals surface area contributed by atoms with Gasteiger partial charge in [-0.15, -0.1) is 0 Å². The molecule has 6 nitrogen and oxygen atoms in total. The van der Waals surface area contributed by atoms with Gasteiger partial charge >= 0.3 is 0 Å². The fourth-order valence-corrected chi connectivity index (χ4v) is 2.85. The number of pyridine rings is 1. The third kappa shape index (κ3) is 4.04. The van der Waals surface area contributed by atoms with Crippen molar-refractivity contribution >= 4 is 11.4 Å². The van der Waals surface area contributed by atoms with E-state index in [0.717, 1.165) is 16.8 Å². The quantitative estimate of drug-likeness (QED) is 0.500. The molecular weight excluding hydrogens is 328 g/mol. The summed E-state index contributed by atoms with van der Waals surface area (Å²) in [4.78, 5) is 15.3. The Balaban J connectivity index is 1.85. The van der Waals surface area contributed by atoms with Crippen molar-refractivity contribution in [1.29, 1.82) is 0 Å². The van der Waals surface area contributed by atoms with Gasteiger partial charge in [0.1, 0.15) is 5.69 Å². The average Bonchev–Trinajstić information content (AvgIpc) is 2.69. The van der Waals surface area contributed by atoms with Crippen LogP contribution in [0.25, 0.3) is 0 Å². The molecule has 0 spiro atoms. The molecule has 0 aliphatic rings.